The summed E-state index contributed by atoms with van der Waals surface area (Å²) >= 11 is 0. The van der Waals surface area contributed by atoms with Crippen LogP contribution in [0, 0.1) is 5.92 Å². The lowest BCUT2D eigenvalue weighted by Crippen LogP contribution is -2.43. The highest BCUT2D eigenvalue weighted by Gasteiger charge is 2.20. The lowest BCUT2D eigenvalue weighted by Gasteiger charge is -2.15. The molecule has 1 aromatic carbocycles. The molecular formula is C17H23N3O6. The Hall–Kier alpha value is -3.10. The van der Waals surface area contributed by atoms with Gasteiger partial charge < -0.3 is 25.8 Å². The molecule has 1 aromatic rings. The smallest absolute Gasteiger partial charge is 0.308 e. The van der Waals surface area contributed by atoms with E-state index in [4.69, 9.17) is 4.74 Å². The summed E-state index contributed by atoms with van der Waals surface area (Å²) in [4.78, 5) is 45.3. The second kappa shape index (κ2) is 10.7. The van der Waals surface area contributed by atoms with E-state index in [0.29, 0.717) is 5.75 Å². The molecule has 3 amide bonds. The minimum Gasteiger partial charge on any atom is -0.496 e. The van der Waals surface area contributed by atoms with E-state index >= 15 is 0 Å². The van der Waals surface area contributed by atoms with Gasteiger partial charge in [0.05, 0.1) is 26.1 Å². The van der Waals surface area contributed by atoms with Gasteiger partial charge in [-0.2, -0.15) is 0 Å². The Morgan fingerprint density at radius 3 is 2.27 bits per heavy atom. The van der Waals surface area contributed by atoms with Crippen LogP contribution in [0.25, 0.3) is 0 Å². The molecule has 0 spiro atoms. The first-order valence-corrected chi connectivity index (χ1v) is 7.96. The van der Waals surface area contributed by atoms with Gasteiger partial charge >= 0.3 is 5.97 Å². The highest BCUT2D eigenvalue weighted by Crippen LogP contribution is 2.20. The maximum atomic E-state index is 11.8. The zero-order chi connectivity index (χ0) is 19.5. The average molecular weight is 365 g/mol. The van der Waals surface area contributed by atoms with Gasteiger partial charge in [0.25, 0.3) is 0 Å². The van der Waals surface area contributed by atoms with Gasteiger partial charge in [-0.15, -0.1) is 0 Å². The van der Waals surface area contributed by atoms with E-state index in [1.54, 1.807) is 24.3 Å². The van der Waals surface area contributed by atoms with E-state index in [2.05, 4.69) is 16.0 Å². The lowest BCUT2D eigenvalue weighted by atomic mass is 9.98. The molecule has 0 aromatic heterocycles. The van der Waals surface area contributed by atoms with Crippen molar-refractivity contribution in [3.05, 3.63) is 29.8 Å². The molecule has 4 N–H and O–H groups in total. The van der Waals surface area contributed by atoms with Gasteiger partial charge in [-0.3, -0.25) is 19.2 Å². The molecule has 1 atom stereocenters. The number of carboxylic acid groups (broad SMARTS) is 1. The summed E-state index contributed by atoms with van der Waals surface area (Å²) in [6, 6.07) is 7.06. The molecule has 0 aliphatic carbocycles. The Bertz CT molecular complexity index is 662. The molecule has 0 bridgehead atoms. The fourth-order valence-electron chi connectivity index (χ4n) is 2.13. The summed E-state index contributed by atoms with van der Waals surface area (Å²) in [7, 11) is 1.50. The van der Waals surface area contributed by atoms with E-state index in [1.165, 1.54) is 14.0 Å². The van der Waals surface area contributed by atoms with Crippen molar-refractivity contribution in [3.8, 4) is 5.75 Å². The molecule has 26 heavy (non-hydrogen) atoms. The Morgan fingerprint density at radius 2 is 1.65 bits per heavy atom. The van der Waals surface area contributed by atoms with Crippen molar-refractivity contribution in [2.45, 2.75) is 13.3 Å². The third-order valence-corrected chi connectivity index (χ3v) is 3.50. The third-order valence-electron chi connectivity index (χ3n) is 3.50. The number of rotatable bonds is 10. The summed E-state index contributed by atoms with van der Waals surface area (Å²) in [6.45, 7) is 0.648. The third kappa shape index (κ3) is 7.65. The maximum absolute atomic E-state index is 11.8. The summed E-state index contributed by atoms with van der Waals surface area (Å²) in [6.07, 6.45) is 0.189. The van der Waals surface area contributed by atoms with Crippen LogP contribution in [0.2, 0.25) is 0 Å². The Labute approximate surface area is 151 Å². The molecule has 9 nitrogen and oxygen atoms in total. The molecule has 142 valence electrons. The van der Waals surface area contributed by atoms with E-state index in [1.807, 2.05) is 0 Å². The zero-order valence-electron chi connectivity index (χ0n) is 14.7. The van der Waals surface area contributed by atoms with Gasteiger partial charge in [0.15, 0.2) is 0 Å². The zero-order valence-corrected chi connectivity index (χ0v) is 14.7. The van der Waals surface area contributed by atoms with Crippen molar-refractivity contribution in [1.82, 2.24) is 16.0 Å². The van der Waals surface area contributed by atoms with E-state index < -0.39 is 23.7 Å². The lowest BCUT2D eigenvalue weighted by molar-refractivity contribution is -0.141. The Balaban J connectivity index is 2.48. The first-order chi connectivity index (χ1) is 12.3. The molecule has 0 saturated carbocycles. The Kier molecular flexibility index (Phi) is 8.62. The first kappa shape index (κ1) is 20.9. The SMILES string of the molecule is COc1ccccc1CC(CNC(=O)CNC(=O)CNC(C)=O)C(=O)O. The summed E-state index contributed by atoms with van der Waals surface area (Å²) < 4.78 is 5.20. The van der Waals surface area contributed by atoms with Crippen molar-refractivity contribution in [2.24, 2.45) is 5.92 Å². The van der Waals surface area contributed by atoms with Crippen LogP contribution in [0.15, 0.2) is 24.3 Å². The summed E-state index contributed by atoms with van der Waals surface area (Å²) in [5, 5.41) is 16.5. The van der Waals surface area contributed by atoms with E-state index in [0.717, 1.165) is 5.56 Å². The second-order valence-electron chi connectivity index (χ2n) is 5.54. The molecular weight excluding hydrogens is 342 g/mol. The molecule has 0 radical (unpaired) electrons. The number of hydrogen-bond donors (Lipinski definition) is 4. The maximum Gasteiger partial charge on any atom is 0.308 e. The van der Waals surface area contributed by atoms with Gasteiger partial charge in [-0.05, 0) is 18.1 Å². The quantitative estimate of drug-likeness (QED) is 0.433. The fraction of sp³-hybridized carbons (Fsp3) is 0.412. The predicted octanol–water partition coefficient (Wildman–Crippen LogP) is -0.693. The highest BCUT2D eigenvalue weighted by molar-refractivity contribution is 5.87. The molecule has 0 fully saturated rings. The van der Waals surface area contributed by atoms with Gasteiger partial charge in [0, 0.05) is 13.5 Å². The van der Waals surface area contributed by atoms with Gasteiger partial charge in [0.2, 0.25) is 17.7 Å². The largest absolute Gasteiger partial charge is 0.496 e. The van der Waals surface area contributed by atoms with Crippen LogP contribution in [-0.4, -0.2) is 55.5 Å². The number of hydrogen-bond acceptors (Lipinski definition) is 5. The standard InChI is InChI=1S/C17H23N3O6/c1-11(21)18-9-15(22)20-10-16(23)19-8-13(17(24)25)7-12-5-3-4-6-14(12)26-2/h3-6,13H,7-10H2,1-2H3,(H,18,21)(H,19,23)(H,20,22)(H,24,25). The summed E-state index contributed by atoms with van der Waals surface area (Å²) in [5.74, 6) is -2.71. The number of methoxy groups -OCH3 is 1. The van der Waals surface area contributed by atoms with Gasteiger partial charge in [0.1, 0.15) is 5.75 Å². The van der Waals surface area contributed by atoms with Crippen LogP contribution >= 0.6 is 0 Å². The van der Waals surface area contributed by atoms with Crippen molar-refractivity contribution < 1.29 is 29.0 Å². The fourth-order valence-corrected chi connectivity index (χ4v) is 2.13. The van der Waals surface area contributed by atoms with E-state index in [-0.39, 0.29) is 32.0 Å². The van der Waals surface area contributed by atoms with Crippen molar-refractivity contribution in [2.75, 3.05) is 26.7 Å². The van der Waals surface area contributed by atoms with Crippen molar-refractivity contribution >= 4 is 23.7 Å². The molecule has 1 unspecified atom stereocenters. The number of aliphatic carboxylic acids is 1. The van der Waals surface area contributed by atoms with Crippen molar-refractivity contribution in [3.63, 3.8) is 0 Å². The van der Waals surface area contributed by atoms with Crippen LogP contribution in [0.5, 0.6) is 5.75 Å². The van der Waals surface area contributed by atoms with Gasteiger partial charge in [-0.1, -0.05) is 18.2 Å². The summed E-state index contributed by atoms with van der Waals surface area (Å²) in [5.41, 5.74) is 0.722. The molecule has 0 heterocycles. The van der Waals surface area contributed by atoms with E-state index in [9.17, 15) is 24.3 Å². The number of carboxylic acids is 1. The van der Waals surface area contributed by atoms with Crippen LogP contribution < -0.4 is 20.7 Å². The second-order valence-corrected chi connectivity index (χ2v) is 5.54. The molecule has 9 heteroatoms. The molecule has 0 aliphatic heterocycles. The molecule has 0 aliphatic rings. The average Bonchev–Trinajstić information content (AvgIpc) is 2.61. The minimum absolute atomic E-state index is 0.0895. The first-order valence-electron chi connectivity index (χ1n) is 7.96. The Morgan fingerprint density at radius 1 is 1.04 bits per heavy atom. The van der Waals surface area contributed by atoms with Crippen molar-refractivity contribution in [1.29, 1.82) is 0 Å². The number of ether oxygens (including phenoxy) is 1. The molecule has 1 rings (SSSR count). The molecule has 0 saturated heterocycles. The highest BCUT2D eigenvalue weighted by atomic mass is 16.5. The predicted molar refractivity (Wildman–Crippen MR) is 92.5 cm³/mol. The number of amides is 3. The number of benzene rings is 1. The van der Waals surface area contributed by atoms with Gasteiger partial charge in [-0.25, -0.2) is 0 Å². The number of nitrogens with one attached hydrogen (secondary N) is 3. The number of carbonyl (C=O) groups is 4. The van der Waals surface area contributed by atoms with Crippen LogP contribution in [-0.2, 0) is 25.6 Å². The monoisotopic (exact) mass is 365 g/mol. The number of carbonyl (C=O) groups excluding carboxylic acids is 3. The van der Waals surface area contributed by atoms with Crippen LogP contribution in [0.4, 0.5) is 0 Å². The van der Waals surface area contributed by atoms with Crippen LogP contribution in [0.3, 0.4) is 0 Å². The normalized spacial score (nSPS) is 11.2. The topological polar surface area (TPSA) is 134 Å². The minimum atomic E-state index is -1.05. The van der Waals surface area contributed by atoms with Crippen LogP contribution in [0.1, 0.15) is 12.5 Å². The number of para-hydroxylation sites is 1.